The van der Waals surface area contributed by atoms with Crippen molar-refractivity contribution in [2.24, 2.45) is 22.6 Å². The Kier molecular flexibility index (Phi) is 5.59. The number of aryl methyl sites for hydroxylation is 1. The zero-order valence-corrected chi connectivity index (χ0v) is 11.9. The summed E-state index contributed by atoms with van der Waals surface area (Å²) < 4.78 is 0. The third-order valence-corrected chi connectivity index (χ3v) is 2.95. The van der Waals surface area contributed by atoms with Gasteiger partial charge in [0.2, 0.25) is 0 Å². The molecule has 0 spiro atoms. The number of anilines is 2. The van der Waals surface area contributed by atoms with Crippen molar-refractivity contribution in [1.82, 2.24) is 5.32 Å². The zero-order chi connectivity index (χ0) is 14.4. The van der Waals surface area contributed by atoms with Gasteiger partial charge in [0.05, 0.1) is 5.69 Å². The number of rotatable bonds is 3. The summed E-state index contributed by atoms with van der Waals surface area (Å²) in [7, 11) is 0. The van der Waals surface area contributed by atoms with Crippen LogP contribution in [0.15, 0.2) is 23.3 Å². The predicted octanol–water partition coefficient (Wildman–Crippen LogP) is 0.775. The zero-order valence-electron chi connectivity index (χ0n) is 11.9. The van der Waals surface area contributed by atoms with Crippen LogP contribution in [0, 0.1) is 12.8 Å². The first-order valence-electron chi connectivity index (χ1n) is 6.53. The van der Waals surface area contributed by atoms with Crippen LogP contribution in [0.4, 0.5) is 11.4 Å². The van der Waals surface area contributed by atoms with Crippen LogP contribution in [-0.2, 0) is 0 Å². The van der Waals surface area contributed by atoms with Crippen LogP contribution in [-0.4, -0.2) is 18.9 Å². The lowest BCUT2D eigenvalue weighted by Crippen LogP contribution is -2.50. The molecule has 1 aliphatic heterocycles. The number of nitrogens with zero attached hydrogens (tertiary/aromatic N) is 2. The van der Waals surface area contributed by atoms with E-state index in [0.717, 1.165) is 24.3 Å². The summed E-state index contributed by atoms with van der Waals surface area (Å²) in [4.78, 5) is 0. The summed E-state index contributed by atoms with van der Waals surface area (Å²) in [6.07, 6.45) is 0. The molecule has 19 heavy (non-hydrogen) atoms. The maximum absolute atomic E-state index is 5.84. The van der Waals surface area contributed by atoms with Gasteiger partial charge in [0.15, 0.2) is 0 Å². The number of hydrazone groups is 1. The molecule has 1 aromatic carbocycles. The van der Waals surface area contributed by atoms with Crippen LogP contribution in [0.1, 0.15) is 19.4 Å². The van der Waals surface area contributed by atoms with Crippen molar-refractivity contribution in [1.29, 1.82) is 0 Å². The molecule has 1 heterocycles. The fourth-order valence-corrected chi connectivity index (χ4v) is 1.53. The van der Waals surface area contributed by atoms with E-state index < -0.39 is 0 Å². The Bertz CT molecular complexity index is 439. The highest BCUT2D eigenvalue weighted by Gasteiger charge is 2.21. The van der Waals surface area contributed by atoms with Crippen molar-refractivity contribution in [3.05, 3.63) is 23.8 Å². The number of nitrogens with two attached hydrogens (primary N) is 3. The number of amidine groups is 1. The first-order chi connectivity index (χ1) is 9.08. The molecule has 0 aromatic heterocycles. The van der Waals surface area contributed by atoms with Gasteiger partial charge in [-0.3, -0.25) is 0 Å². The lowest BCUT2D eigenvalue weighted by Gasteiger charge is -2.27. The van der Waals surface area contributed by atoms with E-state index in [-0.39, 0.29) is 5.92 Å². The smallest absolute Gasteiger partial charge is 0.127 e. The van der Waals surface area contributed by atoms with Crippen molar-refractivity contribution in [2.75, 3.05) is 23.9 Å². The number of hydrogen-bond acceptors (Lipinski definition) is 5. The van der Waals surface area contributed by atoms with Gasteiger partial charge in [-0.05, 0) is 24.6 Å². The minimum atomic E-state index is 0.281. The molecule has 2 rings (SSSR count). The first kappa shape index (κ1) is 15.3. The summed E-state index contributed by atoms with van der Waals surface area (Å²) in [6, 6.07) is 5.55. The highest BCUT2D eigenvalue weighted by atomic mass is 15.6. The Labute approximate surface area is 114 Å². The molecule has 0 bridgehead atoms. The fourth-order valence-electron chi connectivity index (χ4n) is 1.53. The maximum Gasteiger partial charge on any atom is 0.127 e. The minimum absolute atomic E-state index is 0.281. The molecule has 0 amide bonds. The monoisotopic (exact) mass is 264 g/mol. The van der Waals surface area contributed by atoms with Gasteiger partial charge < -0.3 is 16.8 Å². The summed E-state index contributed by atoms with van der Waals surface area (Å²) in [5.41, 5.74) is 14.1. The van der Waals surface area contributed by atoms with Gasteiger partial charge in [-0.2, -0.15) is 5.12 Å². The molecular formula is C13H24N6. The number of nitrogen functional groups attached to an aromatic ring is 1. The van der Waals surface area contributed by atoms with E-state index in [9.17, 15) is 0 Å². The molecule has 1 aromatic rings. The molecular weight excluding hydrogens is 240 g/mol. The summed E-state index contributed by atoms with van der Waals surface area (Å²) in [5.74, 6) is 6.65. The van der Waals surface area contributed by atoms with Crippen LogP contribution in [0.3, 0.4) is 0 Å². The van der Waals surface area contributed by atoms with E-state index in [0.29, 0.717) is 11.5 Å². The number of hydrogen-bond donors (Lipinski definition) is 4. The Morgan fingerprint density at radius 2 is 2.00 bits per heavy atom. The van der Waals surface area contributed by atoms with E-state index in [2.05, 4.69) is 10.4 Å². The van der Waals surface area contributed by atoms with Gasteiger partial charge in [0.25, 0.3) is 0 Å². The molecule has 0 aliphatic carbocycles. The van der Waals surface area contributed by atoms with Crippen molar-refractivity contribution in [3.8, 4) is 0 Å². The topological polar surface area (TPSA) is 106 Å². The van der Waals surface area contributed by atoms with Gasteiger partial charge in [0, 0.05) is 24.7 Å². The third kappa shape index (κ3) is 3.84. The molecule has 7 N–H and O–H groups in total. The van der Waals surface area contributed by atoms with Gasteiger partial charge >= 0.3 is 0 Å². The second-order valence-corrected chi connectivity index (χ2v) is 4.27. The SMILES string of the molecule is CC.Cc1ccc(N(N)/N=C(\N)C2CNC2)cc1N. The van der Waals surface area contributed by atoms with E-state index in [4.69, 9.17) is 17.3 Å². The summed E-state index contributed by atoms with van der Waals surface area (Å²) in [5, 5.41) is 8.55. The summed E-state index contributed by atoms with van der Waals surface area (Å²) >= 11 is 0. The number of benzene rings is 1. The molecule has 0 unspecified atom stereocenters. The Hall–Kier alpha value is -1.79. The second-order valence-electron chi connectivity index (χ2n) is 4.27. The molecule has 0 saturated carbocycles. The van der Waals surface area contributed by atoms with E-state index in [1.165, 1.54) is 5.12 Å². The number of hydrazine groups is 1. The molecule has 1 saturated heterocycles. The molecule has 1 fully saturated rings. The highest BCUT2D eigenvalue weighted by Crippen LogP contribution is 2.19. The maximum atomic E-state index is 5.84. The molecule has 0 atom stereocenters. The van der Waals surface area contributed by atoms with Crippen molar-refractivity contribution < 1.29 is 0 Å². The normalized spacial score (nSPS) is 15.3. The van der Waals surface area contributed by atoms with Crippen LogP contribution in [0.25, 0.3) is 0 Å². The van der Waals surface area contributed by atoms with Crippen LogP contribution < -0.4 is 27.7 Å². The van der Waals surface area contributed by atoms with E-state index in [1.807, 2.05) is 32.9 Å². The van der Waals surface area contributed by atoms with Gasteiger partial charge in [-0.25, -0.2) is 5.84 Å². The lowest BCUT2D eigenvalue weighted by atomic mass is 10.0. The Morgan fingerprint density at radius 1 is 1.37 bits per heavy atom. The third-order valence-electron chi connectivity index (χ3n) is 2.95. The largest absolute Gasteiger partial charge is 0.398 e. The molecule has 106 valence electrons. The van der Waals surface area contributed by atoms with Gasteiger partial charge in [-0.1, -0.05) is 19.9 Å². The predicted molar refractivity (Wildman–Crippen MR) is 81.6 cm³/mol. The van der Waals surface area contributed by atoms with Crippen LogP contribution in [0.5, 0.6) is 0 Å². The Balaban J connectivity index is 0.000000861. The highest BCUT2D eigenvalue weighted by molar-refractivity contribution is 5.85. The van der Waals surface area contributed by atoms with E-state index in [1.54, 1.807) is 6.07 Å². The average Bonchev–Trinajstić information content (AvgIpc) is 2.32. The second kappa shape index (κ2) is 6.96. The minimum Gasteiger partial charge on any atom is -0.398 e. The van der Waals surface area contributed by atoms with Crippen molar-refractivity contribution >= 4 is 17.2 Å². The van der Waals surface area contributed by atoms with E-state index >= 15 is 0 Å². The average molecular weight is 264 g/mol. The lowest BCUT2D eigenvalue weighted by molar-refractivity contribution is 0.439. The van der Waals surface area contributed by atoms with Gasteiger partial charge in [-0.15, -0.1) is 5.10 Å². The standard InChI is InChI=1S/C11H18N6.C2H6/c1-7-2-3-9(4-10(7)12)17(14)16-11(13)8-5-15-6-8;1-2/h2-4,8,15H,5-6,12,14H2,1H3,(H2,13,16);1-2H3. The molecule has 1 aliphatic rings. The summed E-state index contributed by atoms with van der Waals surface area (Å²) in [6.45, 7) is 7.66. The Morgan fingerprint density at radius 3 is 2.47 bits per heavy atom. The number of nitrogens with one attached hydrogen (secondary N) is 1. The van der Waals surface area contributed by atoms with Crippen molar-refractivity contribution in [2.45, 2.75) is 20.8 Å². The van der Waals surface area contributed by atoms with Crippen LogP contribution in [0.2, 0.25) is 0 Å². The van der Waals surface area contributed by atoms with Crippen LogP contribution >= 0.6 is 0 Å². The van der Waals surface area contributed by atoms with Crippen molar-refractivity contribution in [3.63, 3.8) is 0 Å². The quantitative estimate of drug-likeness (QED) is 0.212. The molecule has 6 nitrogen and oxygen atoms in total. The molecule has 6 heteroatoms. The first-order valence-corrected chi connectivity index (χ1v) is 6.53. The van der Waals surface area contributed by atoms with Gasteiger partial charge in [0.1, 0.15) is 5.84 Å². The molecule has 0 radical (unpaired) electrons. The fraction of sp³-hybridized carbons (Fsp3) is 0.462.